The van der Waals surface area contributed by atoms with E-state index in [4.69, 9.17) is 14.4 Å². The largest absolute Gasteiger partial charge is 0.454 e. The van der Waals surface area contributed by atoms with E-state index in [0.29, 0.717) is 5.95 Å². The normalized spacial score (nSPS) is 11.6. The molecule has 0 saturated heterocycles. The van der Waals surface area contributed by atoms with E-state index in [1.54, 1.807) is 0 Å². The number of aromatic nitrogens is 3. The summed E-state index contributed by atoms with van der Waals surface area (Å²) in [6, 6.07) is 52.5. The van der Waals surface area contributed by atoms with Gasteiger partial charge in [-0.15, -0.1) is 0 Å². The second-order valence-electron chi connectivity index (χ2n) is 11.0. The fourth-order valence-electron chi connectivity index (χ4n) is 6.37. The molecule has 0 amide bonds. The Kier molecular flexibility index (Phi) is 5.47. The van der Waals surface area contributed by atoms with Crippen molar-refractivity contribution in [3.63, 3.8) is 0 Å². The van der Waals surface area contributed by atoms with Crippen molar-refractivity contribution in [3.05, 3.63) is 152 Å². The molecule has 4 nitrogen and oxygen atoms in total. The predicted molar refractivity (Wildman–Crippen MR) is 180 cm³/mol. The number of hydrogen-bond acceptors (Lipinski definition) is 3. The van der Waals surface area contributed by atoms with Gasteiger partial charge in [0.15, 0.2) is 5.58 Å². The molecule has 206 valence electrons. The van der Waals surface area contributed by atoms with Crippen molar-refractivity contribution in [1.82, 2.24) is 14.5 Å². The standard InChI is InChI=1S/C40H25N3O/c1-3-12-26(13-4-1)28-16-11-17-29(24-28)35-25-34(27-14-5-2-6-15-27)41-40(42-35)43-36-20-9-7-18-30(36)32-22-23-33-31-19-8-10-21-37(31)44-39(33)38(32)43/h1-25H. The molecule has 6 aromatic carbocycles. The zero-order chi connectivity index (χ0) is 29.0. The van der Waals surface area contributed by atoms with Gasteiger partial charge in [0, 0.05) is 32.7 Å². The molecule has 0 unspecified atom stereocenters. The molecular formula is C40H25N3O. The van der Waals surface area contributed by atoms with Gasteiger partial charge in [-0.05, 0) is 41.5 Å². The van der Waals surface area contributed by atoms with Crippen molar-refractivity contribution in [3.8, 4) is 39.6 Å². The van der Waals surface area contributed by atoms with Crippen LogP contribution < -0.4 is 0 Å². The Morgan fingerprint density at radius 3 is 1.86 bits per heavy atom. The highest BCUT2D eigenvalue weighted by atomic mass is 16.3. The highest BCUT2D eigenvalue weighted by Crippen LogP contribution is 2.40. The zero-order valence-electron chi connectivity index (χ0n) is 23.7. The molecular weight excluding hydrogens is 538 g/mol. The third-order valence-electron chi connectivity index (χ3n) is 8.43. The minimum atomic E-state index is 0.602. The first-order valence-corrected chi connectivity index (χ1v) is 14.8. The zero-order valence-corrected chi connectivity index (χ0v) is 23.7. The first kappa shape index (κ1) is 24.6. The van der Waals surface area contributed by atoms with Crippen LogP contribution in [0.4, 0.5) is 0 Å². The minimum Gasteiger partial charge on any atom is -0.454 e. The molecule has 3 aromatic heterocycles. The average Bonchev–Trinajstić information content (AvgIpc) is 3.65. The SMILES string of the molecule is c1ccc(-c2cccc(-c3cc(-c4ccccc4)nc(-n4c5ccccc5c5ccc6c7ccccc7oc6c54)n3)c2)cc1. The van der Waals surface area contributed by atoms with Crippen LogP contribution in [-0.2, 0) is 0 Å². The fourth-order valence-corrected chi connectivity index (χ4v) is 6.37. The summed E-state index contributed by atoms with van der Waals surface area (Å²) in [6.45, 7) is 0. The van der Waals surface area contributed by atoms with Crippen LogP contribution in [0, 0.1) is 0 Å². The van der Waals surface area contributed by atoms with E-state index in [9.17, 15) is 0 Å². The van der Waals surface area contributed by atoms with Crippen molar-refractivity contribution in [1.29, 1.82) is 0 Å². The lowest BCUT2D eigenvalue weighted by atomic mass is 10.0. The summed E-state index contributed by atoms with van der Waals surface area (Å²) >= 11 is 0. The summed E-state index contributed by atoms with van der Waals surface area (Å²) in [5.41, 5.74) is 9.79. The Morgan fingerprint density at radius 1 is 0.432 bits per heavy atom. The summed E-state index contributed by atoms with van der Waals surface area (Å²) in [6.07, 6.45) is 0. The van der Waals surface area contributed by atoms with Crippen LogP contribution in [-0.4, -0.2) is 14.5 Å². The minimum absolute atomic E-state index is 0.602. The van der Waals surface area contributed by atoms with Crippen molar-refractivity contribution in [2.75, 3.05) is 0 Å². The number of benzene rings is 6. The topological polar surface area (TPSA) is 43.9 Å². The van der Waals surface area contributed by atoms with E-state index < -0.39 is 0 Å². The molecule has 0 aliphatic rings. The first-order valence-electron chi connectivity index (χ1n) is 14.8. The molecule has 0 aliphatic carbocycles. The Bertz CT molecular complexity index is 2490. The van der Waals surface area contributed by atoms with Gasteiger partial charge in [-0.1, -0.05) is 121 Å². The van der Waals surface area contributed by atoms with Gasteiger partial charge in [-0.2, -0.15) is 0 Å². The Balaban J connectivity index is 1.37. The molecule has 0 saturated carbocycles. The maximum Gasteiger partial charge on any atom is 0.235 e. The van der Waals surface area contributed by atoms with Crippen LogP contribution in [0.3, 0.4) is 0 Å². The van der Waals surface area contributed by atoms with Gasteiger partial charge in [0.05, 0.1) is 16.9 Å². The van der Waals surface area contributed by atoms with Crippen LogP contribution >= 0.6 is 0 Å². The summed E-state index contributed by atoms with van der Waals surface area (Å²) in [4.78, 5) is 10.5. The molecule has 4 heteroatoms. The van der Waals surface area contributed by atoms with Crippen LogP contribution in [0.15, 0.2) is 156 Å². The van der Waals surface area contributed by atoms with E-state index in [0.717, 1.165) is 71.8 Å². The van der Waals surface area contributed by atoms with E-state index in [-0.39, 0.29) is 0 Å². The summed E-state index contributed by atoms with van der Waals surface area (Å²) in [5, 5.41) is 4.41. The molecule has 9 rings (SSSR count). The number of fused-ring (bicyclic) bond motifs is 7. The smallest absolute Gasteiger partial charge is 0.235 e. The van der Waals surface area contributed by atoms with E-state index >= 15 is 0 Å². The van der Waals surface area contributed by atoms with Crippen molar-refractivity contribution in [2.24, 2.45) is 0 Å². The third-order valence-corrected chi connectivity index (χ3v) is 8.43. The molecule has 0 N–H and O–H groups in total. The Hall–Kier alpha value is -6.00. The number of nitrogens with zero attached hydrogens (tertiary/aromatic N) is 3. The maximum absolute atomic E-state index is 6.58. The fraction of sp³-hybridized carbons (Fsp3) is 0. The van der Waals surface area contributed by atoms with Crippen LogP contribution in [0.25, 0.3) is 83.3 Å². The highest BCUT2D eigenvalue weighted by Gasteiger charge is 2.21. The van der Waals surface area contributed by atoms with Crippen LogP contribution in [0.2, 0.25) is 0 Å². The van der Waals surface area contributed by atoms with Gasteiger partial charge >= 0.3 is 0 Å². The summed E-state index contributed by atoms with van der Waals surface area (Å²) in [5.74, 6) is 0.602. The quantitative estimate of drug-likeness (QED) is 0.214. The second-order valence-corrected chi connectivity index (χ2v) is 11.0. The molecule has 0 aliphatic heterocycles. The molecule has 44 heavy (non-hydrogen) atoms. The van der Waals surface area contributed by atoms with E-state index in [1.807, 2.05) is 36.4 Å². The summed E-state index contributed by atoms with van der Waals surface area (Å²) in [7, 11) is 0. The first-order chi connectivity index (χ1) is 21.8. The molecule has 0 atom stereocenters. The van der Waals surface area contributed by atoms with Gasteiger partial charge in [-0.3, -0.25) is 4.57 Å². The number of hydrogen-bond donors (Lipinski definition) is 0. The Labute approximate surface area is 253 Å². The number of furan rings is 1. The molecule has 0 radical (unpaired) electrons. The lowest BCUT2D eigenvalue weighted by molar-refractivity contribution is 0.670. The van der Waals surface area contributed by atoms with Crippen molar-refractivity contribution < 1.29 is 4.42 Å². The maximum atomic E-state index is 6.58. The number of para-hydroxylation sites is 2. The van der Waals surface area contributed by atoms with Gasteiger partial charge in [0.1, 0.15) is 11.1 Å². The summed E-state index contributed by atoms with van der Waals surface area (Å²) < 4.78 is 8.75. The monoisotopic (exact) mass is 563 g/mol. The predicted octanol–water partition coefficient (Wildman–Crippen LogP) is 10.5. The second kappa shape index (κ2) is 9.79. The lowest BCUT2D eigenvalue weighted by Crippen LogP contribution is -2.04. The van der Waals surface area contributed by atoms with Gasteiger partial charge in [0.2, 0.25) is 5.95 Å². The van der Waals surface area contributed by atoms with Crippen molar-refractivity contribution in [2.45, 2.75) is 0 Å². The van der Waals surface area contributed by atoms with E-state index in [2.05, 4.69) is 120 Å². The highest BCUT2D eigenvalue weighted by molar-refractivity contribution is 6.21. The van der Waals surface area contributed by atoms with Gasteiger partial charge in [-0.25, -0.2) is 9.97 Å². The Morgan fingerprint density at radius 2 is 1.05 bits per heavy atom. The van der Waals surface area contributed by atoms with Gasteiger partial charge < -0.3 is 4.42 Å². The van der Waals surface area contributed by atoms with Crippen LogP contribution in [0.5, 0.6) is 0 Å². The average molecular weight is 564 g/mol. The number of rotatable bonds is 4. The molecule has 0 fully saturated rings. The van der Waals surface area contributed by atoms with Gasteiger partial charge in [0.25, 0.3) is 0 Å². The van der Waals surface area contributed by atoms with Crippen molar-refractivity contribution >= 4 is 43.7 Å². The molecule has 0 spiro atoms. The van der Waals surface area contributed by atoms with E-state index in [1.165, 1.54) is 5.56 Å². The molecule has 0 bridgehead atoms. The molecule has 3 heterocycles. The molecule has 9 aromatic rings. The lowest BCUT2D eigenvalue weighted by Gasteiger charge is -2.12. The third kappa shape index (κ3) is 3.85. The van der Waals surface area contributed by atoms with Crippen LogP contribution in [0.1, 0.15) is 0 Å².